The van der Waals surface area contributed by atoms with Gasteiger partial charge in [0.05, 0.1) is 6.42 Å². The molecule has 0 aromatic heterocycles. The predicted molar refractivity (Wildman–Crippen MR) is 50.2 cm³/mol. The highest BCUT2D eigenvalue weighted by Gasteiger charge is 2.17. The maximum atomic E-state index is 10.3. The Morgan fingerprint density at radius 3 is 2.62 bits per heavy atom. The number of carbonyl (C=O) groups is 1. The van der Waals surface area contributed by atoms with Crippen molar-refractivity contribution in [2.75, 3.05) is 19.6 Å². The van der Waals surface area contributed by atoms with Crippen LogP contribution in [0.25, 0.3) is 0 Å². The molecular formula is C10H15NO2. The molecule has 3 heteroatoms. The van der Waals surface area contributed by atoms with Gasteiger partial charge < -0.3 is 10.0 Å². The molecule has 0 amide bonds. The van der Waals surface area contributed by atoms with Crippen molar-refractivity contribution in [3.05, 3.63) is 0 Å². The number of carboxylic acid groups (broad SMARTS) is 1. The molecule has 0 spiro atoms. The molecule has 0 saturated carbocycles. The summed E-state index contributed by atoms with van der Waals surface area (Å²) >= 11 is 0. The summed E-state index contributed by atoms with van der Waals surface area (Å²) in [5.41, 5.74) is 0. The molecule has 1 rings (SSSR count). The van der Waals surface area contributed by atoms with E-state index in [0.29, 0.717) is 12.5 Å². The van der Waals surface area contributed by atoms with Crippen LogP contribution in [-0.2, 0) is 4.79 Å². The van der Waals surface area contributed by atoms with Crippen molar-refractivity contribution in [1.29, 1.82) is 0 Å². The smallest absolute Gasteiger partial charge is 0.304 e. The van der Waals surface area contributed by atoms with Gasteiger partial charge in [0.25, 0.3) is 0 Å². The number of hydrogen-bond donors (Lipinski definition) is 1. The molecule has 0 unspecified atom stereocenters. The minimum absolute atomic E-state index is 0.237. The average Bonchev–Trinajstić information content (AvgIpc) is 2.15. The number of terminal acetylenes is 1. The summed E-state index contributed by atoms with van der Waals surface area (Å²) < 4.78 is 0. The van der Waals surface area contributed by atoms with Crippen LogP contribution >= 0.6 is 0 Å². The third-order valence-electron chi connectivity index (χ3n) is 2.47. The van der Waals surface area contributed by atoms with Crippen LogP contribution < -0.4 is 0 Å². The SMILES string of the molecule is C#CC1CCN(CCC(=O)O)CC1. The molecule has 3 nitrogen and oxygen atoms in total. The zero-order valence-electron chi connectivity index (χ0n) is 7.70. The number of likely N-dealkylation sites (tertiary alicyclic amines) is 1. The summed E-state index contributed by atoms with van der Waals surface area (Å²) in [6, 6.07) is 0. The van der Waals surface area contributed by atoms with Crippen molar-refractivity contribution in [3.63, 3.8) is 0 Å². The van der Waals surface area contributed by atoms with Gasteiger partial charge in [0, 0.05) is 12.5 Å². The van der Waals surface area contributed by atoms with Crippen molar-refractivity contribution in [2.45, 2.75) is 19.3 Å². The molecule has 72 valence electrons. The van der Waals surface area contributed by atoms with Crippen LogP contribution in [0.2, 0.25) is 0 Å². The lowest BCUT2D eigenvalue weighted by Gasteiger charge is -2.28. The molecule has 1 heterocycles. The van der Waals surface area contributed by atoms with E-state index in [4.69, 9.17) is 11.5 Å². The van der Waals surface area contributed by atoms with Gasteiger partial charge in [-0.2, -0.15) is 0 Å². The third-order valence-corrected chi connectivity index (χ3v) is 2.47. The van der Waals surface area contributed by atoms with Gasteiger partial charge >= 0.3 is 5.97 Å². The summed E-state index contributed by atoms with van der Waals surface area (Å²) in [6.45, 7) is 2.55. The van der Waals surface area contributed by atoms with Gasteiger partial charge in [0.15, 0.2) is 0 Å². The molecule has 0 bridgehead atoms. The second-order valence-electron chi connectivity index (χ2n) is 3.43. The first-order chi connectivity index (χ1) is 6.22. The summed E-state index contributed by atoms with van der Waals surface area (Å²) in [7, 11) is 0. The number of nitrogens with zero attached hydrogens (tertiary/aromatic N) is 1. The second-order valence-corrected chi connectivity index (χ2v) is 3.43. The molecule has 13 heavy (non-hydrogen) atoms. The Bertz CT molecular complexity index is 211. The van der Waals surface area contributed by atoms with Gasteiger partial charge in [-0.1, -0.05) is 0 Å². The lowest BCUT2D eigenvalue weighted by Crippen LogP contribution is -2.34. The van der Waals surface area contributed by atoms with Crippen LogP contribution in [-0.4, -0.2) is 35.6 Å². The molecule has 0 aliphatic carbocycles. The third kappa shape index (κ3) is 3.47. The van der Waals surface area contributed by atoms with E-state index in [1.54, 1.807) is 0 Å². The molecule has 0 radical (unpaired) electrons. The summed E-state index contributed by atoms with van der Waals surface area (Å²) in [5.74, 6) is 2.43. The summed E-state index contributed by atoms with van der Waals surface area (Å²) in [5, 5.41) is 8.48. The first kappa shape index (κ1) is 10.1. The molecule has 1 aliphatic heterocycles. The zero-order chi connectivity index (χ0) is 9.68. The fourth-order valence-electron chi connectivity index (χ4n) is 1.58. The van der Waals surface area contributed by atoms with E-state index in [1.807, 2.05) is 0 Å². The van der Waals surface area contributed by atoms with Gasteiger partial charge in [0.1, 0.15) is 0 Å². The number of carboxylic acids is 1. The molecule has 1 N–H and O–H groups in total. The molecular weight excluding hydrogens is 166 g/mol. The Morgan fingerprint density at radius 2 is 2.15 bits per heavy atom. The molecule has 0 aromatic carbocycles. The Balaban J connectivity index is 2.18. The molecule has 1 aliphatic rings. The number of rotatable bonds is 3. The Kier molecular flexibility index (Phi) is 3.78. The topological polar surface area (TPSA) is 40.5 Å². The van der Waals surface area contributed by atoms with Crippen LogP contribution in [0.4, 0.5) is 0 Å². The molecule has 1 saturated heterocycles. The highest BCUT2D eigenvalue weighted by atomic mass is 16.4. The first-order valence-corrected chi connectivity index (χ1v) is 4.62. The van der Waals surface area contributed by atoms with E-state index in [1.165, 1.54) is 0 Å². The van der Waals surface area contributed by atoms with Crippen molar-refractivity contribution < 1.29 is 9.90 Å². The lowest BCUT2D eigenvalue weighted by molar-refractivity contribution is -0.137. The van der Waals surface area contributed by atoms with E-state index >= 15 is 0 Å². The van der Waals surface area contributed by atoms with E-state index in [9.17, 15) is 4.79 Å². The van der Waals surface area contributed by atoms with Crippen molar-refractivity contribution >= 4 is 5.97 Å². The summed E-state index contributed by atoms with van der Waals surface area (Å²) in [6.07, 6.45) is 7.57. The highest BCUT2D eigenvalue weighted by Crippen LogP contribution is 2.15. The fourth-order valence-corrected chi connectivity index (χ4v) is 1.58. The molecule has 0 atom stereocenters. The van der Waals surface area contributed by atoms with Gasteiger partial charge in [-0.05, 0) is 25.9 Å². The molecule has 0 aromatic rings. The minimum atomic E-state index is -0.723. The van der Waals surface area contributed by atoms with Gasteiger partial charge in [-0.25, -0.2) is 0 Å². The maximum absolute atomic E-state index is 10.3. The van der Waals surface area contributed by atoms with Gasteiger partial charge in [-0.15, -0.1) is 12.3 Å². The van der Waals surface area contributed by atoms with Gasteiger partial charge in [-0.3, -0.25) is 4.79 Å². The standard InChI is InChI=1S/C10H15NO2/c1-2-9-3-6-11(7-4-9)8-5-10(12)13/h1,9H,3-8H2,(H,12,13). The van der Waals surface area contributed by atoms with E-state index < -0.39 is 5.97 Å². The highest BCUT2D eigenvalue weighted by molar-refractivity contribution is 5.66. The minimum Gasteiger partial charge on any atom is -0.481 e. The Morgan fingerprint density at radius 1 is 1.54 bits per heavy atom. The quantitative estimate of drug-likeness (QED) is 0.655. The number of hydrogen-bond acceptors (Lipinski definition) is 2. The van der Waals surface area contributed by atoms with Crippen LogP contribution in [0, 0.1) is 18.3 Å². The summed E-state index contributed by atoms with van der Waals surface area (Å²) in [4.78, 5) is 12.5. The van der Waals surface area contributed by atoms with E-state index in [2.05, 4.69) is 10.8 Å². The van der Waals surface area contributed by atoms with Crippen LogP contribution in [0.5, 0.6) is 0 Å². The maximum Gasteiger partial charge on any atom is 0.304 e. The Hall–Kier alpha value is -1.01. The van der Waals surface area contributed by atoms with Crippen molar-refractivity contribution in [1.82, 2.24) is 4.90 Å². The van der Waals surface area contributed by atoms with Crippen molar-refractivity contribution in [3.8, 4) is 12.3 Å². The van der Waals surface area contributed by atoms with Gasteiger partial charge in [0.2, 0.25) is 0 Å². The zero-order valence-corrected chi connectivity index (χ0v) is 7.70. The van der Waals surface area contributed by atoms with E-state index in [-0.39, 0.29) is 6.42 Å². The second kappa shape index (κ2) is 4.88. The largest absolute Gasteiger partial charge is 0.481 e. The normalized spacial score (nSPS) is 19.6. The first-order valence-electron chi connectivity index (χ1n) is 4.62. The number of piperidine rings is 1. The number of aliphatic carboxylic acids is 1. The van der Waals surface area contributed by atoms with E-state index in [0.717, 1.165) is 25.9 Å². The fraction of sp³-hybridized carbons (Fsp3) is 0.700. The van der Waals surface area contributed by atoms with Crippen LogP contribution in [0.3, 0.4) is 0 Å². The Labute approximate surface area is 78.7 Å². The lowest BCUT2D eigenvalue weighted by atomic mass is 9.98. The predicted octanol–water partition coefficient (Wildman–Crippen LogP) is 0.806. The van der Waals surface area contributed by atoms with Crippen LogP contribution in [0.15, 0.2) is 0 Å². The van der Waals surface area contributed by atoms with Crippen molar-refractivity contribution in [2.24, 2.45) is 5.92 Å². The molecule has 1 fully saturated rings. The van der Waals surface area contributed by atoms with Crippen LogP contribution in [0.1, 0.15) is 19.3 Å². The monoisotopic (exact) mass is 181 g/mol. The average molecular weight is 181 g/mol.